The number of benzene rings is 1. The molecular weight excluding hydrogens is 240 g/mol. The molecule has 0 fully saturated rings. The van der Waals surface area contributed by atoms with E-state index in [2.05, 4.69) is 16.4 Å². The molecule has 4 nitrogen and oxygen atoms in total. The molecule has 0 radical (unpaired) electrons. The summed E-state index contributed by atoms with van der Waals surface area (Å²) in [6.07, 6.45) is 4.30. The number of rotatable bonds is 2. The van der Waals surface area contributed by atoms with E-state index < -0.39 is 0 Å². The number of ether oxygens (including phenoxy) is 1. The number of pyridine rings is 1. The van der Waals surface area contributed by atoms with E-state index in [-0.39, 0.29) is 5.91 Å². The van der Waals surface area contributed by atoms with Gasteiger partial charge in [0.05, 0.1) is 13.3 Å². The molecule has 19 heavy (non-hydrogen) atoms. The van der Waals surface area contributed by atoms with Crippen LogP contribution in [0.25, 0.3) is 11.1 Å². The Morgan fingerprint density at radius 3 is 3.00 bits per heavy atom. The zero-order valence-electron chi connectivity index (χ0n) is 10.6. The van der Waals surface area contributed by atoms with Crippen molar-refractivity contribution in [1.29, 1.82) is 0 Å². The molecule has 0 unspecified atom stereocenters. The van der Waals surface area contributed by atoms with Gasteiger partial charge in [-0.3, -0.25) is 9.78 Å². The van der Waals surface area contributed by atoms with Crippen molar-refractivity contribution in [3.63, 3.8) is 0 Å². The van der Waals surface area contributed by atoms with Crippen molar-refractivity contribution in [2.75, 3.05) is 13.7 Å². The summed E-state index contributed by atoms with van der Waals surface area (Å²) in [5, 5.41) is 2.85. The van der Waals surface area contributed by atoms with Crippen LogP contribution < -0.4 is 10.1 Å². The molecule has 4 heteroatoms. The molecule has 1 aromatic carbocycles. The summed E-state index contributed by atoms with van der Waals surface area (Å²) in [6, 6.07) is 7.80. The molecule has 1 amide bonds. The van der Waals surface area contributed by atoms with Gasteiger partial charge >= 0.3 is 0 Å². The van der Waals surface area contributed by atoms with Crippen LogP contribution >= 0.6 is 0 Å². The maximum Gasteiger partial charge on any atom is 0.251 e. The first-order valence-electron chi connectivity index (χ1n) is 6.19. The lowest BCUT2D eigenvalue weighted by molar-refractivity contribution is 0.0946. The predicted octanol–water partition coefficient (Wildman–Crippen LogP) is 2.04. The molecule has 0 bridgehead atoms. The van der Waals surface area contributed by atoms with Crippen LogP contribution in [0.5, 0.6) is 5.75 Å². The fourth-order valence-electron chi connectivity index (χ4n) is 2.38. The summed E-state index contributed by atoms with van der Waals surface area (Å²) in [4.78, 5) is 15.8. The monoisotopic (exact) mass is 254 g/mol. The first kappa shape index (κ1) is 11.7. The van der Waals surface area contributed by atoms with E-state index >= 15 is 0 Å². The Bertz CT molecular complexity index is 638. The highest BCUT2D eigenvalue weighted by atomic mass is 16.5. The molecule has 1 aliphatic heterocycles. The van der Waals surface area contributed by atoms with Gasteiger partial charge in [0.2, 0.25) is 0 Å². The van der Waals surface area contributed by atoms with Gasteiger partial charge in [0.15, 0.2) is 0 Å². The Kier molecular flexibility index (Phi) is 2.91. The second-order valence-electron chi connectivity index (χ2n) is 4.45. The van der Waals surface area contributed by atoms with Crippen molar-refractivity contribution < 1.29 is 9.53 Å². The van der Waals surface area contributed by atoms with Gasteiger partial charge in [-0.25, -0.2) is 0 Å². The Morgan fingerprint density at radius 1 is 1.26 bits per heavy atom. The highest BCUT2D eigenvalue weighted by Gasteiger charge is 2.17. The van der Waals surface area contributed by atoms with E-state index in [9.17, 15) is 4.79 Å². The van der Waals surface area contributed by atoms with E-state index in [0.717, 1.165) is 34.4 Å². The molecule has 2 heterocycles. The minimum Gasteiger partial charge on any atom is -0.494 e. The average Bonchev–Trinajstić information content (AvgIpc) is 2.47. The number of hydrogen-bond donors (Lipinski definition) is 1. The van der Waals surface area contributed by atoms with Gasteiger partial charge < -0.3 is 10.1 Å². The van der Waals surface area contributed by atoms with Crippen molar-refractivity contribution in [2.24, 2.45) is 0 Å². The largest absolute Gasteiger partial charge is 0.494 e. The van der Waals surface area contributed by atoms with Gasteiger partial charge in [-0.2, -0.15) is 0 Å². The van der Waals surface area contributed by atoms with Crippen LogP contribution in [0.2, 0.25) is 0 Å². The number of nitrogens with one attached hydrogen (secondary N) is 1. The SMILES string of the molecule is COc1cnccc1-c1ccc2c(c1)CCNC2=O. The van der Waals surface area contributed by atoms with Crippen LogP contribution in [-0.2, 0) is 6.42 Å². The molecular formula is C15H14N2O2. The third-order valence-corrected chi connectivity index (χ3v) is 3.35. The van der Waals surface area contributed by atoms with Gasteiger partial charge in [-0.05, 0) is 29.7 Å². The van der Waals surface area contributed by atoms with Gasteiger partial charge in [0, 0.05) is 23.9 Å². The van der Waals surface area contributed by atoms with Gasteiger partial charge in [-0.15, -0.1) is 0 Å². The zero-order chi connectivity index (χ0) is 13.2. The van der Waals surface area contributed by atoms with Crippen LogP contribution in [0, 0.1) is 0 Å². The van der Waals surface area contributed by atoms with Crippen molar-refractivity contribution in [2.45, 2.75) is 6.42 Å². The van der Waals surface area contributed by atoms with Crippen LogP contribution in [-0.4, -0.2) is 24.5 Å². The Morgan fingerprint density at radius 2 is 2.16 bits per heavy atom. The van der Waals surface area contributed by atoms with Gasteiger partial charge in [0.25, 0.3) is 5.91 Å². The van der Waals surface area contributed by atoms with Crippen LogP contribution in [0.4, 0.5) is 0 Å². The Balaban J connectivity index is 2.09. The summed E-state index contributed by atoms with van der Waals surface area (Å²) in [7, 11) is 1.63. The Labute approximate surface area is 111 Å². The zero-order valence-corrected chi connectivity index (χ0v) is 10.6. The number of amides is 1. The fourth-order valence-corrected chi connectivity index (χ4v) is 2.38. The van der Waals surface area contributed by atoms with Crippen LogP contribution in [0.15, 0.2) is 36.7 Å². The standard InChI is InChI=1S/C15H14N2O2/c1-19-14-9-16-6-5-12(14)10-2-3-13-11(8-10)4-7-17-15(13)18/h2-3,5-6,8-9H,4,7H2,1H3,(H,17,18). The first-order chi connectivity index (χ1) is 9.29. The number of methoxy groups -OCH3 is 1. The molecule has 3 rings (SSSR count). The quantitative estimate of drug-likeness (QED) is 0.892. The van der Waals surface area contributed by atoms with E-state index in [1.165, 1.54) is 0 Å². The lowest BCUT2D eigenvalue weighted by Gasteiger charge is -2.17. The smallest absolute Gasteiger partial charge is 0.251 e. The number of carbonyl (C=O) groups excluding carboxylic acids is 1. The summed E-state index contributed by atoms with van der Waals surface area (Å²) in [5.74, 6) is 0.747. The second-order valence-corrected chi connectivity index (χ2v) is 4.45. The molecule has 1 aromatic heterocycles. The van der Waals surface area contributed by atoms with Crippen molar-refractivity contribution >= 4 is 5.91 Å². The maximum atomic E-state index is 11.7. The molecule has 0 aliphatic carbocycles. The van der Waals surface area contributed by atoms with Crippen molar-refractivity contribution in [3.8, 4) is 16.9 Å². The molecule has 1 N–H and O–H groups in total. The average molecular weight is 254 g/mol. The normalized spacial score (nSPS) is 13.6. The molecule has 0 saturated carbocycles. The molecule has 0 spiro atoms. The predicted molar refractivity (Wildman–Crippen MR) is 72.3 cm³/mol. The maximum absolute atomic E-state index is 11.7. The number of carbonyl (C=O) groups is 1. The fraction of sp³-hybridized carbons (Fsp3) is 0.200. The summed E-state index contributed by atoms with van der Waals surface area (Å²) in [6.45, 7) is 0.697. The van der Waals surface area contributed by atoms with E-state index in [1.54, 1.807) is 19.5 Å². The van der Waals surface area contributed by atoms with E-state index in [1.807, 2.05) is 18.2 Å². The highest BCUT2D eigenvalue weighted by Crippen LogP contribution is 2.30. The number of hydrogen-bond acceptors (Lipinski definition) is 3. The summed E-state index contributed by atoms with van der Waals surface area (Å²) >= 11 is 0. The first-order valence-corrected chi connectivity index (χ1v) is 6.19. The van der Waals surface area contributed by atoms with Crippen LogP contribution in [0.1, 0.15) is 15.9 Å². The van der Waals surface area contributed by atoms with Crippen molar-refractivity contribution in [1.82, 2.24) is 10.3 Å². The summed E-state index contributed by atoms with van der Waals surface area (Å²) < 4.78 is 5.32. The number of nitrogens with zero attached hydrogens (tertiary/aromatic N) is 1. The third kappa shape index (κ3) is 2.05. The third-order valence-electron chi connectivity index (χ3n) is 3.35. The molecule has 0 saturated heterocycles. The highest BCUT2D eigenvalue weighted by molar-refractivity contribution is 5.97. The molecule has 96 valence electrons. The molecule has 0 atom stereocenters. The lowest BCUT2D eigenvalue weighted by atomic mass is 9.95. The van der Waals surface area contributed by atoms with E-state index in [0.29, 0.717) is 6.54 Å². The number of fused-ring (bicyclic) bond motifs is 1. The van der Waals surface area contributed by atoms with Gasteiger partial charge in [0.1, 0.15) is 5.75 Å². The number of aromatic nitrogens is 1. The second kappa shape index (κ2) is 4.72. The summed E-state index contributed by atoms with van der Waals surface area (Å²) in [5.41, 5.74) is 3.89. The minimum atomic E-state index is 0.00879. The minimum absolute atomic E-state index is 0.00879. The Hall–Kier alpha value is -2.36. The van der Waals surface area contributed by atoms with Gasteiger partial charge in [-0.1, -0.05) is 12.1 Å². The lowest BCUT2D eigenvalue weighted by Crippen LogP contribution is -2.31. The molecule has 2 aromatic rings. The van der Waals surface area contributed by atoms with Crippen molar-refractivity contribution in [3.05, 3.63) is 47.8 Å². The topological polar surface area (TPSA) is 51.2 Å². The van der Waals surface area contributed by atoms with Crippen LogP contribution in [0.3, 0.4) is 0 Å². The molecule has 1 aliphatic rings. The van der Waals surface area contributed by atoms with E-state index in [4.69, 9.17) is 4.74 Å².